The third-order valence-corrected chi connectivity index (χ3v) is 2.22. The largest absolute Gasteiger partial charge is 0.468 e. The third-order valence-electron chi connectivity index (χ3n) is 1.34. The van der Waals surface area contributed by atoms with Gasteiger partial charge < -0.3 is 9.15 Å². The molecule has 1 rings (SSSR count). The van der Waals surface area contributed by atoms with E-state index in [-0.39, 0.29) is 0 Å². The number of rotatable bonds is 1. The molecule has 0 bridgehead atoms. The fourth-order valence-electron chi connectivity index (χ4n) is 0.746. The molecule has 1 aromatic heterocycles. The molecule has 0 amide bonds. The maximum Gasteiger partial charge on any atom is 0.285 e. The van der Waals surface area contributed by atoms with Crippen molar-refractivity contribution in [3.8, 4) is 17.4 Å². The van der Waals surface area contributed by atoms with Crippen molar-refractivity contribution in [3.05, 3.63) is 17.9 Å². The summed E-state index contributed by atoms with van der Waals surface area (Å²) < 4.78 is 10.2. The summed E-state index contributed by atoms with van der Waals surface area (Å²) in [5, 5.41) is 0. The van der Waals surface area contributed by atoms with Crippen molar-refractivity contribution in [2.24, 2.45) is 0 Å². The topological polar surface area (TPSA) is 22.4 Å². The van der Waals surface area contributed by atoms with Crippen molar-refractivity contribution >= 4 is 8.07 Å². The Hall–Kier alpha value is -1.14. The van der Waals surface area contributed by atoms with E-state index < -0.39 is 8.07 Å². The van der Waals surface area contributed by atoms with Gasteiger partial charge in [-0.25, -0.2) is 0 Å². The van der Waals surface area contributed by atoms with Gasteiger partial charge in [-0.3, -0.25) is 0 Å². The second-order valence-corrected chi connectivity index (χ2v) is 8.57. The highest BCUT2D eigenvalue weighted by Crippen LogP contribution is 2.14. The Labute approximate surface area is 79.9 Å². The first-order chi connectivity index (χ1) is 6.01. The van der Waals surface area contributed by atoms with Gasteiger partial charge in [0.1, 0.15) is 8.07 Å². The highest BCUT2D eigenvalue weighted by Gasteiger charge is 2.08. The highest BCUT2D eigenvalue weighted by molar-refractivity contribution is 6.83. The quantitative estimate of drug-likeness (QED) is 0.506. The van der Waals surface area contributed by atoms with Gasteiger partial charge in [-0.15, -0.1) is 5.54 Å². The van der Waals surface area contributed by atoms with Crippen molar-refractivity contribution in [3.63, 3.8) is 0 Å². The van der Waals surface area contributed by atoms with Gasteiger partial charge in [-0.2, -0.15) is 0 Å². The standard InChI is InChI=1S/C10H14O2Si/c1-11-10-6-5-9(12-10)7-8-13(2,3)4/h5-6H,1-4H3. The zero-order valence-electron chi connectivity index (χ0n) is 8.47. The van der Waals surface area contributed by atoms with Gasteiger partial charge >= 0.3 is 0 Å². The molecule has 0 radical (unpaired) electrons. The highest BCUT2D eigenvalue weighted by atomic mass is 28.3. The van der Waals surface area contributed by atoms with Crippen LogP contribution in [0.2, 0.25) is 19.6 Å². The van der Waals surface area contributed by atoms with Crippen molar-refractivity contribution in [2.45, 2.75) is 19.6 Å². The van der Waals surface area contributed by atoms with Crippen molar-refractivity contribution in [1.29, 1.82) is 0 Å². The Balaban J connectivity index is 2.78. The first-order valence-corrected chi connectivity index (χ1v) is 7.68. The molecule has 0 atom stereocenters. The summed E-state index contributed by atoms with van der Waals surface area (Å²) >= 11 is 0. The van der Waals surface area contributed by atoms with Gasteiger partial charge in [0, 0.05) is 6.07 Å². The molecule has 0 saturated heterocycles. The minimum Gasteiger partial charge on any atom is -0.468 e. The van der Waals surface area contributed by atoms with Crippen LogP contribution in [-0.2, 0) is 0 Å². The van der Waals surface area contributed by atoms with Gasteiger partial charge in [0.25, 0.3) is 5.95 Å². The summed E-state index contributed by atoms with van der Waals surface area (Å²) in [5.41, 5.74) is 3.22. The molecule has 70 valence electrons. The lowest BCUT2D eigenvalue weighted by Crippen LogP contribution is -2.16. The van der Waals surface area contributed by atoms with E-state index in [1.807, 2.05) is 6.07 Å². The van der Waals surface area contributed by atoms with Crippen LogP contribution < -0.4 is 4.74 Å². The van der Waals surface area contributed by atoms with Crippen LogP contribution in [0.25, 0.3) is 0 Å². The second kappa shape index (κ2) is 3.71. The molecule has 0 fully saturated rings. The van der Waals surface area contributed by atoms with E-state index in [9.17, 15) is 0 Å². The van der Waals surface area contributed by atoms with Crippen LogP contribution in [0.15, 0.2) is 16.5 Å². The summed E-state index contributed by atoms with van der Waals surface area (Å²) in [4.78, 5) is 0. The minimum absolute atomic E-state index is 0.514. The molecule has 0 aliphatic rings. The molecule has 2 nitrogen and oxygen atoms in total. The van der Waals surface area contributed by atoms with Crippen LogP contribution in [0, 0.1) is 11.5 Å². The molecular weight excluding hydrogens is 180 g/mol. The molecule has 1 heterocycles. The van der Waals surface area contributed by atoms with Crippen molar-refractivity contribution < 1.29 is 9.15 Å². The van der Waals surface area contributed by atoms with Gasteiger partial charge in [0.2, 0.25) is 0 Å². The van der Waals surface area contributed by atoms with E-state index in [0.717, 1.165) is 0 Å². The number of furan rings is 1. The summed E-state index contributed by atoms with van der Waals surface area (Å²) in [6.45, 7) is 6.58. The summed E-state index contributed by atoms with van der Waals surface area (Å²) in [6.07, 6.45) is 0. The first kappa shape index (κ1) is 9.94. The zero-order valence-corrected chi connectivity index (χ0v) is 9.47. The molecule has 0 aliphatic heterocycles. The maximum atomic E-state index is 5.25. The van der Waals surface area contributed by atoms with Gasteiger partial charge in [0.15, 0.2) is 5.76 Å². The maximum absolute atomic E-state index is 5.25. The van der Waals surface area contributed by atoms with E-state index in [0.29, 0.717) is 11.7 Å². The van der Waals surface area contributed by atoms with E-state index >= 15 is 0 Å². The summed E-state index contributed by atoms with van der Waals surface area (Å²) in [5.74, 6) is 4.20. The number of hydrogen-bond donors (Lipinski definition) is 0. The Morgan fingerprint density at radius 1 is 1.31 bits per heavy atom. The predicted octanol–water partition coefficient (Wildman–Crippen LogP) is 2.52. The Morgan fingerprint density at radius 3 is 2.46 bits per heavy atom. The number of hydrogen-bond acceptors (Lipinski definition) is 2. The molecule has 0 saturated carbocycles. The summed E-state index contributed by atoms with van der Waals surface area (Å²) in [7, 11) is 0.275. The predicted molar refractivity (Wildman–Crippen MR) is 55.5 cm³/mol. The van der Waals surface area contributed by atoms with Crippen LogP contribution in [0.3, 0.4) is 0 Å². The summed E-state index contributed by atoms with van der Waals surface area (Å²) in [6, 6.07) is 3.60. The molecule has 0 N–H and O–H groups in total. The molecule has 0 spiro atoms. The fraction of sp³-hybridized carbons (Fsp3) is 0.400. The Kier molecular flexibility index (Phi) is 2.84. The average molecular weight is 194 g/mol. The van der Waals surface area contributed by atoms with Crippen LogP contribution in [-0.4, -0.2) is 15.2 Å². The SMILES string of the molecule is COc1ccc(C#C[Si](C)(C)C)o1. The minimum atomic E-state index is -1.30. The van der Waals surface area contributed by atoms with Crippen LogP contribution in [0.5, 0.6) is 5.95 Å². The smallest absolute Gasteiger partial charge is 0.285 e. The number of ether oxygens (including phenoxy) is 1. The van der Waals surface area contributed by atoms with Crippen LogP contribution in [0.1, 0.15) is 5.76 Å². The van der Waals surface area contributed by atoms with Gasteiger partial charge in [-0.05, 0) is 12.0 Å². The molecule has 13 heavy (non-hydrogen) atoms. The van der Waals surface area contributed by atoms with E-state index in [1.54, 1.807) is 13.2 Å². The van der Waals surface area contributed by atoms with Crippen LogP contribution in [0.4, 0.5) is 0 Å². The monoisotopic (exact) mass is 194 g/mol. The van der Waals surface area contributed by atoms with E-state index in [1.165, 1.54) is 0 Å². The molecule has 1 aromatic rings. The van der Waals surface area contributed by atoms with E-state index in [2.05, 4.69) is 31.1 Å². The molecule has 0 aliphatic carbocycles. The molecule has 0 unspecified atom stereocenters. The van der Waals surface area contributed by atoms with E-state index in [4.69, 9.17) is 9.15 Å². The second-order valence-electron chi connectivity index (χ2n) is 3.82. The molecular formula is C10H14O2Si. The lowest BCUT2D eigenvalue weighted by atomic mass is 10.5. The van der Waals surface area contributed by atoms with Gasteiger partial charge in [0.05, 0.1) is 7.11 Å². The van der Waals surface area contributed by atoms with Crippen LogP contribution >= 0.6 is 0 Å². The molecule has 3 heteroatoms. The third kappa shape index (κ3) is 3.39. The lowest BCUT2D eigenvalue weighted by molar-refractivity contribution is 0.302. The van der Waals surface area contributed by atoms with Crippen molar-refractivity contribution in [1.82, 2.24) is 0 Å². The first-order valence-electron chi connectivity index (χ1n) is 4.18. The number of methoxy groups -OCH3 is 1. The molecule has 0 aromatic carbocycles. The normalized spacial score (nSPS) is 10.5. The van der Waals surface area contributed by atoms with Crippen molar-refractivity contribution in [2.75, 3.05) is 7.11 Å². The Bertz CT molecular complexity index is 336. The van der Waals surface area contributed by atoms with Gasteiger partial charge in [-0.1, -0.05) is 19.6 Å². The Morgan fingerprint density at radius 2 is 2.00 bits per heavy atom. The lowest BCUT2D eigenvalue weighted by Gasteiger charge is -2.02. The fourth-order valence-corrected chi connectivity index (χ4v) is 1.24. The zero-order chi connectivity index (χ0) is 9.90. The average Bonchev–Trinajstić information content (AvgIpc) is 2.47.